The van der Waals surface area contributed by atoms with Crippen molar-refractivity contribution in [3.05, 3.63) is 0 Å². The van der Waals surface area contributed by atoms with Crippen molar-refractivity contribution < 1.29 is 9.53 Å². The van der Waals surface area contributed by atoms with Crippen LogP contribution >= 0.6 is 12.2 Å². The van der Waals surface area contributed by atoms with Gasteiger partial charge in [0.15, 0.2) is 0 Å². The second-order valence-corrected chi connectivity index (χ2v) is 4.70. The van der Waals surface area contributed by atoms with E-state index < -0.39 is 5.41 Å². The zero-order valence-electron chi connectivity index (χ0n) is 9.75. The van der Waals surface area contributed by atoms with E-state index in [1.165, 1.54) is 0 Å². The first-order valence-electron chi connectivity index (χ1n) is 5.70. The van der Waals surface area contributed by atoms with Gasteiger partial charge in [0, 0.05) is 20.3 Å². The second kappa shape index (κ2) is 6.15. The molecule has 1 rings (SSSR count). The Morgan fingerprint density at radius 2 is 2.12 bits per heavy atom. The molecule has 92 valence electrons. The minimum absolute atomic E-state index is 0.00592. The minimum Gasteiger partial charge on any atom is -0.392 e. The van der Waals surface area contributed by atoms with E-state index in [0.29, 0.717) is 18.1 Å². The van der Waals surface area contributed by atoms with Gasteiger partial charge in [-0.1, -0.05) is 25.1 Å². The van der Waals surface area contributed by atoms with Gasteiger partial charge in [-0.05, 0) is 19.3 Å². The van der Waals surface area contributed by atoms with Crippen molar-refractivity contribution in [3.8, 4) is 0 Å². The van der Waals surface area contributed by atoms with Gasteiger partial charge >= 0.3 is 0 Å². The lowest BCUT2D eigenvalue weighted by Gasteiger charge is -2.26. The van der Waals surface area contributed by atoms with Crippen LogP contribution < -0.4 is 11.1 Å². The third kappa shape index (κ3) is 2.92. The van der Waals surface area contributed by atoms with E-state index in [1.54, 1.807) is 7.11 Å². The summed E-state index contributed by atoms with van der Waals surface area (Å²) in [5.41, 5.74) is 5.13. The lowest BCUT2D eigenvalue weighted by molar-refractivity contribution is -0.127. The highest BCUT2D eigenvalue weighted by molar-refractivity contribution is 7.80. The highest BCUT2D eigenvalue weighted by Crippen LogP contribution is 2.38. The summed E-state index contributed by atoms with van der Waals surface area (Å²) in [6, 6.07) is 0. The molecule has 0 unspecified atom stereocenters. The van der Waals surface area contributed by atoms with E-state index in [0.717, 1.165) is 32.1 Å². The van der Waals surface area contributed by atoms with Crippen molar-refractivity contribution in [2.45, 2.75) is 32.1 Å². The number of carbonyl (C=O) groups excluding carboxylic acids is 1. The summed E-state index contributed by atoms with van der Waals surface area (Å²) in [5, 5.41) is 2.90. The number of carbonyl (C=O) groups is 1. The molecule has 3 N–H and O–H groups in total. The third-order valence-corrected chi connectivity index (χ3v) is 3.56. The van der Waals surface area contributed by atoms with Crippen molar-refractivity contribution >= 4 is 23.1 Å². The van der Waals surface area contributed by atoms with Gasteiger partial charge in [0.05, 0.1) is 10.4 Å². The smallest absolute Gasteiger partial charge is 0.233 e. The molecule has 1 aliphatic rings. The Morgan fingerprint density at radius 1 is 1.50 bits per heavy atom. The molecule has 0 saturated heterocycles. The fraction of sp³-hybridized carbons (Fsp3) is 0.818. The van der Waals surface area contributed by atoms with Crippen molar-refractivity contribution in [2.24, 2.45) is 11.1 Å². The van der Waals surface area contributed by atoms with Crippen LogP contribution in [0.5, 0.6) is 0 Å². The summed E-state index contributed by atoms with van der Waals surface area (Å²) in [6.45, 7) is 1.28. The minimum atomic E-state index is -0.581. The first-order chi connectivity index (χ1) is 7.63. The lowest BCUT2D eigenvalue weighted by Crippen LogP contribution is -2.47. The molecule has 0 radical (unpaired) electrons. The lowest BCUT2D eigenvalue weighted by atomic mass is 9.85. The largest absolute Gasteiger partial charge is 0.392 e. The molecule has 0 aliphatic heterocycles. The molecule has 0 aromatic carbocycles. The second-order valence-electron chi connectivity index (χ2n) is 4.26. The summed E-state index contributed by atoms with van der Waals surface area (Å²) >= 11 is 5.04. The Balaban J connectivity index is 2.46. The fourth-order valence-electron chi connectivity index (χ4n) is 2.15. The molecular formula is C11H20N2O2S. The maximum atomic E-state index is 12.1. The molecule has 16 heavy (non-hydrogen) atoms. The Labute approximate surface area is 102 Å². The first kappa shape index (κ1) is 13.4. The summed E-state index contributed by atoms with van der Waals surface area (Å²) in [5.74, 6) is -0.00592. The van der Waals surface area contributed by atoms with E-state index in [9.17, 15) is 4.79 Å². The summed E-state index contributed by atoms with van der Waals surface area (Å²) in [6.07, 6.45) is 4.46. The maximum Gasteiger partial charge on any atom is 0.233 e. The van der Waals surface area contributed by atoms with Gasteiger partial charge in [-0.2, -0.15) is 0 Å². The van der Waals surface area contributed by atoms with Crippen LogP contribution in [0.15, 0.2) is 0 Å². The van der Waals surface area contributed by atoms with Crippen LogP contribution in [0.1, 0.15) is 32.1 Å². The zero-order valence-corrected chi connectivity index (χ0v) is 10.6. The van der Waals surface area contributed by atoms with Gasteiger partial charge in [-0.3, -0.25) is 4.79 Å². The molecule has 1 aliphatic carbocycles. The van der Waals surface area contributed by atoms with Gasteiger partial charge in [0.1, 0.15) is 0 Å². The number of ether oxygens (including phenoxy) is 1. The predicted octanol–water partition coefficient (Wildman–Crippen LogP) is 0.986. The van der Waals surface area contributed by atoms with E-state index in [1.807, 2.05) is 0 Å². The number of hydrogen-bond donors (Lipinski definition) is 2. The van der Waals surface area contributed by atoms with Gasteiger partial charge in [0.25, 0.3) is 0 Å². The van der Waals surface area contributed by atoms with Gasteiger partial charge in [0.2, 0.25) is 5.91 Å². The number of rotatable bonds is 6. The van der Waals surface area contributed by atoms with Crippen LogP contribution in [0.2, 0.25) is 0 Å². The summed E-state index contributed by atoms with van der Waals surface area (Å²) < 4.78 is 4.92. The van der Waals surface area contributed by atoms with E-state index in [2.05, 4.69) is 5.32 Å². The SMILES string of the molecule is COCCCNC(=O)C1(C(N)=S)CCCC1. The van der Waals surface area contributed by atoms with Crippen molar-refractivity contribution in [1.29, 1.82) is 0 Å². The van der Waals surface area contributed by atoms with Gasteiger partial charge < -0.3 is 15.8 Å². The number of hydrogen-bond acceptors (Lipinski definition) is 3. The molecule has 1 saturated carbocycles. The van der Waals surface area contributed by atoms with E-state index in [-0.39, 0.29) is 5.91 Å². The number of nitrogens with one attached hydrogen (secondary N) is 1. The number of methoxy groups -OCH3 is 1. The standard InChI is InChI=1S/C11H20N2O2S/c1-15-8-4-7-13-10(14)11(9(12)16)5-2-3-6-11/h2-8H2,1H3,(H2,12,16)(H,13,14). The predicted molar refractivity (Wildman–Crippen MR) is 67.2 cm³/mol. The molecule has 5 heteroatoms. The van der Waals surface area contributed by atoms with Crippen LogP contribution in [0.25, 0.3) is 0 Å². The molecule has 1 fully saturated rings. The quantitative estimate of drug-likeness (QED) is 0.540. The average Bonchev–Trinajstić information content (AvgIpc) is 2.74. The molecule has 4 nitrogen and oxygen atoms in total. The number of thiocarbonyl (C=S) groups is 1. The van der Waals surface area contributed by atoms with Crippen molar-refractivity contribution in [3.63, 3.8) is 0 Å². The molecule has 0 heterocycles. The van der Waals surface area contributed by atoms with Gasteiger partial charge in [-0.15, -0.1) is 0 Å². The Bertz CT molecular complexity index is 263. The average molecular weight is 244 g/mol. The highest BCUT2D eigenvalue weighted by Gasteiger charge is 2.43. The normalized spacial score (nSPS) is 18.3. The number of amides is 1. The first-order valence-corrected chi connectivity index (χ1v) is 6.11. The molecular weight excluding hydrogens is 224 g/mol. The Hall–Kier alpha value is -0.680. The Morgan fingerprint density at radius 3 is 2.62 bits per heavy atom. The van der Waals surface area contributed by atoms with Crippen LogP contribution in [0.3, 0.4) is 0 Å². The van der Waals surface area contributed by atoms with Gasteiger partial charge in [-0.25, -0.2) is 0 Å². The van der Waals surface area contributed by atoms with E-state index in [4.69, 9.17) is 22.7 Å². The van der Waals surface area contributed by atoms with Crippen molar-refractivity contribution in [2.75, 3.05) is 20.3 Å². The molecule has 0 aromatic heterocycles. The Kier molecular flexibility index (Phi) is 5.15. The summed E-state index contributed by atoms with van der Waals surface area (Å²) in [7, 11) is 1.65. The maximum absolute atomic E-state index is 12.1. The highest BCUT2D eigenvalue weighted by atomic mass is 32.1. The molecule has 0 atom stereocenters. The van der Waals surface area contributed by atoms with Crippen LogP contribution in [0, 0.1) is 5.41 Å². The van der Waals surface area contributed by atoms with Crippen molar-refractivity contribution in [1.82, 2.24) is 5.32 Å². The molecule has 0 aromatic rings. The molecule has 0 spiro atoms. The monoisotopic (exact) mass is 244 g/mol. The van der Waals surface area contributed by atoms with Crippen LogP contribution in [0.4, 0.5) is 0 Å². The number of nitrogens with two attached hydrogens (primary N) is 1. The van der Waals surface area contributed by atoms with Crippen LogP contribution in [-0.4, -0.2) is 31.2 Å². The zero-order chi connectivity index (χ0) is 12.0. The molecule has 0 bridgehead atoms. The topological polar surface area (TPSA) is 64.3 Å². The summed E-state index contributed by atoms with van der Waals surface area (Å²) in [4.78, 5) is 12.4. The molecule has 1 amide bonds. The van der Waals surface area contributed by atoms with Crippen LogP contribution in [-0.2, 0) is 9.53 Å². The third-order valence-electron chi connectivity index (χ3n) is 3.17. The van der Waals surface area contributed by atoms with E-state index >= 15 is 0 Å². The fourth-order valence-corrected chi connectivity index (χ4v) is 2.45.